The molecule has 1 atom stereocenters. The first-order valence-electron chi connectivity index (χ1n) is 4.24. The molecule has 0 amide bonds. The minimum Gasteiger partial charge on any atom is -0.481 e. The first-order chi connectivity index (χ1) is 6.34. The molecular weight excluding hydrogens is 190 g/mol. The van der Waals surface area contributed by atoms with Crippen LogP contribution >= 0.6 is 0 Å². The molecule has 0 bridgehead atoms. The van der Waals surface area contributed by atoms with Crippen LogP contribution in [0.1, 0.15) is 20.3 Å². The average molecular weight is 205 g/mol. The fourth-order valence-electron chi connectivity index (χ4n) is 0.877. The van der Waals surface area contributed by atoms with Crippen LogP contribution in [0.4, 0.5) is 0 Å². The maximum atomic E-state index is 10.6. The third kappa shape index (κ3) is 4.78. The van der Waals surface area contributed by atoms with Crippen LogP contribution in [-0.4, -0.2) is 45.0 Å². The molecule has 0 fully saturated rings. The summed E-state index contributed by atoms with van der Waals surface area (Å²) >= 11 is 0. The summed E-state index contributed by atoms with van der Waals surface area (Å²) in [6.07, 6.45) is -0.487. The molecule has 82 valence electrons. The largest absolute Gasteiger partial charge is 0.481 e. The van der Waals surface area contributed by atoms with E-state index in [0.717, 1.165) is 5.06 Å². The van der Waals surface area contributed by atoms with Crippen molar-refractivity contribution in [2.24, 2.45) is 5.92 Å². The van der Waals surface area contributed by atoms with E-state index in [9.17, 15) is 14.8 Å². The van der Waals surface area contributed by atoms with Crippen LogP contribution in [-0.2, 0) is 9.59 Å². The Hall–Kier alpha value is -1.14. The zero-order valence-electron chi connectivity index (χ0n) is 8.17. The molecule has 14 heavy (non-hydrogen) atoms. The van der Waals surface area contributed by atoms with Crippen molar-refractivity contribution in [3.8, 4) is 0 Å². The number of hydrogen-bond donors (Lipinski definition) is 3. The molecule has 0 aromatic rings. The normalized spacial score (nSPS) is 13.2. The number of aliphatic carboxylic acids is 2. The van der Waals surface area contributed by atoms with Crippen LogP contribution in [0.5, 0.6) is 0 Å². The smallest absolute Gasteiger partial charge is 0.308 e. The fraction of sp³-hybridized carbons (Fsp3) is 0.750. The summed E-state index contributed by atoms with van der Waals surface area (Å²) in [7, 11) is 0. The van der Waals surface area contributed by atoms with E-state index in [0.29, 0.717) is 0 Å². The Balaban J connectivity index is 4.23. The van der Waals surface area contributed by atoms with E-state index < -0.39 is 24.3 Å². The van der Waals surface area contributed by atoms with Crippen molar-refractivity contribution in [2.75, 3.05) is 6.54 Å². The van der Waals surface area contributed by atoms with Gasteiger partial charge < -0.3 is 15.4 Å². The molecule has 0 aliphatic heterocycles. The lowest BCUT2D eigenvalue weighted by Crippen LogP contribution is -2.36. The molecule has 0 heterocycles. The lowest BCUT2D eigenvalue weighted by atomic mass is 10.1. The molecule has 0 rings (SSSR count). The Bertz CT molecular complexity index is 216. The molecule has 0 saturated heterocycles. The van der Waals surface area contributed by atoms with Crippen LogP contribution in [0.2, 0.25) is 0 Å². The number of hydrogen-bond acceptors (Lipinski definition) is 4. The highest BCUT2D eigenvalue weighted by Gasteiger charge is 2.24. The van der Waals surface area contributed by atoms with Crippen molar-refractivity contribution < 1.29 is 25.0 Å². The maximum Gasteiger partial charge on any atom is 0.308 e. The molecule has 0 saturated carbocycles. The minimum atomic E-state index is -1.22. The van der Waals surface area contributed by atoms with Crippen LogP contribution < -0.4 is 0 Å². The van der Waals surface area contributed by atoms with Crippen LogP contribution in [0.15, 0.2) is 0 Å². The molecular formula is C8H15NO5. The van der Waals surface area contributed by atoms with E-state index >= 15 is 0 Å². The molecule has 0 aromatic heterocycles. The van der Waals surface area contributed by atoms with Crippen molar-refractivity contribution in [2.45, 2.75) is 26.3 Å². The summed E-state index contributed by atoms with van der Waals surface area (Å²) in [4.78, 5) is 20.9. The number of nitrogens with zero attached hydrogens (tertiary/aromatic N) is 1. The van der Waals surface area contributed by atoms with Crippen molar-refractivity contribution in [3.63, 3.8) is 0 Å². The Kier molecular flexibility index (Phi) is 5.11. The lowest BCUT2D eigenvalue weighted by molar-refractivity contribution is -0.160. The second kappa shape index (κ2) is 5.56. The van der Waals surface area contributed by atoms with Gasteiger partial charge in [-0.2, -0.15) is 5.06 Å². The van der Waals surface area contributed by atoms with Crippen LogP contribution in [0.3, 0.4) is 0 Å². The van der Waals surface area contributed by atoms with Gasteiger partial charge in [0.15, 0.2) is 0 Å². The van der Waals surface area contributed by atoms with E-state index in [-0.39, 0.29) is 12.6 Å². The van der Waals surface area contributed by atoms with Gasteiger partial charge in [0.2, 0.25) is 0 Å². The standard InChI is InChI=1S/C8H15NO5/c1-5(2)9(14)4-6(8(12)13)3-7(10)11/h5-6,14H,3-4H2,1-2H3,(H,10,11)(H,12,13). The minimum absolute atomic E-state index is 0.181. The molecule has 0 radical (unpaired) electrons. The Morgan fingerprint density at radius 3 is 2.07 bits per heavy atom. The third-order valence-corrected chi connectivity index (χ3v) is 1.77. The van der Waals surface area contributed by atoms with Crippen LogP contribution in [0, 0.1) is 5.92 Å². The number of carboxylic acid groups (broad SMARTS) is 2. The second-order valence-corrected chi connectivity index (χ2v) is 3.35. The monoisotopic (exact) mass is 205 g/mol. The molecule has 6 nitrogen and oxygen atoms in total. The predicted octanol–water partition coefficient (Wildman–Crippen LogP) is 0.261. The summed E-state index contributed by atoms with van der Waals surface area (Å²) in [5, 5.41) is 27.1. The Morgan fingerprint density at radius 2 is 1.79 bits per heavy atom. The molecule has 1 unspecified atom stereocenters. The summed E-state index contributed by atoms with van der Waals surface area (Å²) in [6.45, 7) is 3.18. The number of carbonyl (C=O) groups is 2. The summed E-state index contributed by atoms with van der Waals surface area (Å²) in [6, 6.07) is -0.231. The van der Waals surface area contributed by atoms with Crippen molar-refractivity contribution in [1.29, 1.82) is 0 Å². The van der Waals surface area contributed by atoms with Gasteiger partial charge in [-0.15, -0.1) is 0 Å². The molecule has 0 spiro atoms. The summed E-state index contributed by atoms with van der Waals surface area (Å²) in [5.41, 5.74) is 0. The molecule has 0 aromatic carbocycles. The van der Waals surface area contributed by atoms with Crippen LogP contribution in [0.25, 0.3) is 0 Å². The lowest BCUT2D eigenvalue weighted by Gasteiger charge is -2.21. The van der Waals surface area contributed by atoms with Crippen molar-refractivity contribution in [3.05, 3.63) is 0 Å². The maximum absolute atomic E-state index is 10.6. The summed E-state index contributed by atoms with van der Waals surface area (Å²) < 4.78 is 0. The van der Waals surface area contributed by atoms with Gasteiger partial charge >= 0.3 is 11.9 Å². The highest BCUT2D eigenvalue weighted by molar-refractivity contribution is 5.77. The van der Waals surface area contributed by atoms with E-state index in [2.05, 4.69) is 0 Å². The van der Waals surface area contributed by atoms with Crippen molar-refractivity contribution >= 4 is 11.9 Å². The van der Waals surface area contributed by atoms with Gasteiger partial charge in [0, 0.05) is 12.6 Å². The van der Waals surface area contributed by atoms with Gasteiger partial charge in [-0.3, -0.25) is 9.59 Å². The predicted molar refractivity (Wildman–Crippen MR) is 47.0 cm³/mol. The van der Waals surface area contributed by atoms with E-state index in [1.54, 1.807) is 13.8 Å². The van der Waals surface area contributed by atoms with Gasteiger partial charge in [0.05, 0.1) is 12.3 Å². The Morgan fingerprint density at radius 1 is 1.29 bits per heavy atom. The third-order valence-electron chi connectivity index (χ3n) is 1.77. The number of hydroxylamine groups is 2. The van der Waals surface area contributed by atoms with E-state index in [1.807, 2.05) is 0 Å². The van der Waals surface area contributed by atoms with E-state index in [1.165, 1.54) is 0 Å². The first-order valence-corrected chi connectivity index (χ1v) is 4.24. The van der Waals surface area contributed by atoms with Gasteiger partial charge in [0.1, 0.15) is 0 Å². The topological polar surface area (TPSA) is 98.1 Å². The molecule has 6 heteroatoms. The molecule has 3 N–H and O–H groups in total. The van der Waals surface area contributed by atoms with Gasteiger partial charge in [-0.05, 0) is 13.8 Å². The fourth-order valence-corrected chi connectivity index (χ4v) is 0.877. The molecule has 0 aliphatic rings. The molecule has 0 aliphatic carbocycles. The quantitative estimate of drug-likeness (QED) is 0.538. The number of carboxylic acids is 2. The second-order valence-electron chi connectivity index (χ2n) is 3.35. The van der Waals surface area contributed by atoms with Gasteiger partial charge in [-0.25, -0.2) is 0 Å². The SMILES string of the molecule is CC(C)N(O)CC(CC(=O)O)C(=O)O. The average Bonchev–Trinajstić information content (AvgIpc) is 2.01. The first kappa shape index (κ1) is 12.9. The highest BCUT2D eigenvalue weighted by Crippen LogP contribution is 2.07. The van der Waals surface area contributed by atoms with Gasteiger partial charge in [0.25, 0.3) is 0 Å². The zero-order valence-corrected chi connectivity index (χ0v) is 8.17. The highest BCUT2D eigenvalue weighted by atomic mass is 16.5. The van der Waals surface area contributed by atoms with E-state index in [4.69, 9.17) is 10.2 Å². The number of rotatable bonds is 6. The van der Waals surface area contributed by atoms with Gasteiger partial charge in [-0.1, -0.05) is 0 Å². The zero-order chi connectivity index (χ0) is 11.3. The summed E-state index contributed by atoms with van der Waals surface area (Å²) in [5.74, 6) is -3.48. The van der Waals surface area contributed by atoms with Crippen molar-refractivity contribution in [1.82, 2.24) is 5.06 Å². The Labute approximate surface area is 81.7 Å².